The summed E-state index contributed by atoms with van der Waals surface area (Å²) < 4.78 is 17.2. The topological polar surface area (TPSA) is 64.8 Å². The Bertz CT molecular complexity index is 984. The van der Waals surface area contributed by atoms with Crippen LogP contribution in [0.25, 0.3) is 11.3 Å². The van der Waals surface area contributed by atoms with Gasteiger partial charge in [-0.3, -0.25) is 4.79 Å². The summed E-state index contributed by atoms with van der Waals surface area (Å²) in [6.07, 6.45) is 3.51. The molecule has 0 N–H and O–H groups in total. The van der Waals surface area contributed by atoms with Crippen molar-refractivity contribution in [3.8, 4) is 22.8 Å². The molecule has 3 aromatic rings. The highest BCUT2D eigenvalue weighted by atomic mass is 16.6. The van der Waals surface area contributed by atoms with E-state index < -0.39 is 0 Å². The van der Waals surface area contributed by atoms with E-state index in [0.29, 0.717) is 51.5 Å². The van der Waals surface area contributed by atoms with Crippen molar-refractivity contribution in [2.75, 3.05) is 19.8 Å². The van der Waals surface area contributed by atoms with E-state index in [-0.39, 0.29) is 5.91 Å². The Morgan fingerprint density at radius 2 is 1.90 bits per heavy atom. The van der Waals surface area contributed by atoms with Gasteiger partial charge < -0.3 is 18.8 Å². The molecule has 1 amide bonds. The lowest BCUT2D eigenvalue weighted by Gasteiger charge is -2.25. The fourth-order valence-corrected chi connectivity index (χ4v) is 3.55. The average molecular weight is 406 g/mol. The smallest absolute Gasteiger partial charge is 0.222 e. The number of carbonyl (C=O) groups excluding carboxylic acids is 1. The highest BCUT2D eigenvalue weighted by Crippen LogP contribution is 2.34. The normalized spacial score (nSPS) is 12.6. The molecule has 2 aromatic carbocycles. The van der Waals surface area contributed by atoms with Gasteiger partial charge in [0.15, 0.2) is 23.1 Å². The van der Waals surface area contributed by atoms with Gasteiger partial charge in [-0.1, -0.05) is 42.5 Å². The van der Waals surface area contributed by atoms with Crippen molar-refractivity contribution in [3.63, 3.8) is 0 Å². The first-order valence-electron chi connectivity index (χ1n) is 10.4. The number of aryl methyl sites for hydroxylation is 1. The standard InChI is InChI=1S/C24H26N2O4/c1-2-26(17-19-10-6-11-20-24(19)29-15-14-28-20)23(27)13-7-12-22-25-16-21(30-22)18-8-4-3-5-9-18/h3-6,8-11,16H,2,7,12-15,17H2,1H3. The van der Waals surface area contributed by atoms with E-state index >= 15 is 0 Å². The first kappa shape index (κ1) is 20.0. The maximum Gasteiger partial charge on any atom is 0.222 e. The number of rotatable bonds is 8. The zero-order chi connectivity index (χ0) is 20.8. The van der Waals surface area contributed by atoms with Crippen LogP contribution < -0.4 is 9.47 Å². The fourth-order valence-electron chi connectivity index (χ4n) is 3.55. The summed E-state index contributed by atoms with van der Waals surface area (Å²) in [5.41, 5.74) is 1.98. The zero-order valence-electron chi connectivity index (χ0n) is 17.2. The van der Waals surface area contributed by atoms with Gasteiger partial charge in [0.2, 0.25) is 5.91 Å². The molecule has 156 valence electrons. The molecule has 0 atom stereocenters. The minimum atomic E-state index is 0.113. The second-order valence-corrected chi connectivity index (χ2v) is 7.19. The van der Waals surface area contributed by atoms with Crippen LogP contribution in [0.3, 0.4) is 0 Å². The molecule has 1 aromatic heterocycles. The van der Waals surface area contributed by atoms with Gasteiger partial charge in [-0.05, 0) is 19.4 Å². The van der Waals surface area contributed by atoms with Crippen molar-refractivity contribution in [3.05, 3.63) is 66.2 Å². The number of carbonyl (C=O) groups is 1. The molecule has 0 fully saturated rings. The summed E-state index contributed by atoms with van der Waals surface area (Å²) >= 11 is 0. The molecule has 0 unspecified atom stereocenters. The van der Waals surface area contributed by atoms with E-state index in [2.05, 4.69) is 4.98 Å². The summed E-state index contributed by atoms with van der Waals surface area (Å²) in [7, 11) is 0. The molecular weight excluding hydrogens is 380 g/mol. The van der Waals surface area contributed by atoms with Gasteiger partial charge in [0.05, 0.1) is 6.20 Å². The third-order valence-corrected chi connectivity index (χ3v) is 5.14. The number of aromatic nitrogens is 1. The lowest BCUT2D eigenvalue weighted by molar-refractivity contribution is -0.131. The highest BCUT2D eigenvalue weighted by Gasteiger charge is 2.19. The van der Waals surface area contributed by atoms with Gasteiger partial charge in [0.25, 0.3) is 0 Å². The van der Waals surface area contributed by atoms with E-state index in [9.17, 15) is 4.79 Å². The number of ether oxygens (including phenoxy) is 2. The lowest BCUT2D eigenvalue weighted by Crippen LogP contribution is -2.30. The SMILES string of the molecule is CCN(Cc1cccc2c1OCCO2)C(=O)CCCc1ncc(-c2ccccc2)o1. The van der Waals surface area contributed by atoms with Crippen molar-refractivity contribution >= 4 is 5.91 Å². The van der Waals surface area contributed by atoms with E-state index in [1.807, 2.05) is 60.4 Å². The maximum atomic E-state index is 12.8. The molecule has 0 saturated carbocycles. The number of hydrogen-bond donors (Lipinski definition) is 0. The highest BCUT2D eigenvalue weighted by molar-refractivity contribution is 5.76. The van der Waals surface area contributed by atoms with Crippen molar-refractivity contribution in [1.29, 1.82) is 0 Å². The summed E-state index contributed by atoms with van der Waals surface area (Å²) in [4.78, 5) is 19.0. The van der Waals surface area contributed by atoms with Gasteiger partial charge >= 0.3 is 0 Å². The van der Waals surface area contributed by atoms with Gasteiger partial charge in [-0.25, -0.2) is 4.98 Å². The molecule has 0 saturated heterocycles. The number of amides is 1. The Morgan fingerprint density at radius 1 is 1.07 bits per heavy atom. The maximum absolute atomic E-state index is 12.8. The van der Waals surface area contributed by atoms with Crippen molar-refractivity contribution < 1.29 is 18.7 Å². The van der Waals surface area contributed by atoms with Crippen LogP contribution in [0.4, 0.5) is 0 Å². The molecule has 0 radical (unpaired) electrons. The summed E-state index contributed by atoms with van der Waals surface area (Å²) in [5, 5.41) is 0. The molecule has 6 nitrogen and oxygen atoms in total. The minimum absolute atomic E-state index is 0.113. The molecule has 0 aliphatic carbocycles. The number of para-hydroxylation sites is 1. The number of fused-ring (bicyclic) bond motifs is 1. The van der Waals surface area contributed by atoms with Crippen LogP contribution in [0, 0.1) is 0 Å². The summed E-state index contributed by atoms with van der Waals surface area (Å²) in [5.74, 6) is 3.03. The second kappa shape index (κ2) is 9.48. The first-order valence-corrected chi connectivity index (χ1v) is 10.4. The summed E-state index contributed by atoms with van der Waals surface area (Å²) in [6.45, 7) is 4.23. The lowest BCUT2D eigenvalue weighted by atomic mass is 10.1. The van der Waals surface area contributed by atoms with E-state index in [1.54, 1.807) is 6.20 Å². The number of benzene rings is 2. The summed E-state index contributed by atoms with van der Waals surface area (Å²) in [6, 6.07) is 15.7. The van der Waals surface area contributed by atoms with Crippen molar-refractivity contribution in [2.45, 2.75) is 32.7 Å². The van der Waals surface area contributed by atoms with Crippen LogP contribution in [0.15, 0.2) is 59.1 Å². The molecule has 0 bridgehead atoms. The van der Waals surface area contributed by atoms with Gasteiger partial charge in [-0.15, -0.1) is 0 Å². The zero-order valence-corrected chi connectivity index (χ0v) is 17.2. The predicted octanol–water partition coefficient (Wildman–Crippen LogP) is 4.48. The Balaban J connectivity index is 1.32. The second-order valence-electron chi connectivity index (χ2n) is 7.19. The van der Waals surface area contributed by atoms with Crippen molar-refractivity contribution in [2.24, 2.45) is 0 Å². The van der Waals surface area contributed by atoms with Crippen LogP contribution in [-0.2, 0) is 17.8 Å². The number of nitrogens with zero attached hydrogens (tertiary/aromatic N) is 2. The predicted molar refractivity (Wildman–Crippen MR) is 113 cm³/mol. The molecule has 1 aliphatic heterocycles. The van der Waals surface area contributed by atoms with Gasteiger partial charge in [-0.2, -0.15) is 0 Å². The Kier molecular flexibility index (Phi) is 6.32. The molecular formula is C24H26N2O4. The largest absolute Gasteiger partial charge is 0.486 e. The third-order valence-electron chi connectivity index (χ3n) is 5.14. The van der Waals surface area contributed by atoms with Crippen LogP contribution in [-0.4, -0.2) is 35.5 Å². The van der Waals surface area contributed by atoms with Crippen LogP contribution in [0.2, 0.25) is 0 Å². The van der Waals surface area contributed by atoms with Gasteiger partial charge in [0, 0.05) is 37.1 Å². The van der Waals surface area contributed by atoms with E-state index in [1.165, 1.54) is 0 Å². The Labute approximate surface area is 176 Å². The Hall–Kier alpha value is -3.28. The fraction of sp³-hybridized carbons (Fsp3) is 0.333. The van der Waals surface area contributed by atoms with Crippen LogP contribution in [0.5, 0.6) is 11.5 Å². The Morgan fingerprint density at radius 3 is 2.73 bits per heavy atom. The van der Waals surface area contributed by atoms with Crippen molar-refractivity contribution in [1.82, 2.24) is 9.88 Å². The molecule has 6 heteroatoms. The van der Waals surface area contributed by atoms with Crippen LogP contribution >= 0.6 is 0 Å². The molecule has 4 rings (SSSR count). The molecule has 30 heavy (non-hydrogen) atoms. The first-order chi connectivity index (χ1) is 14.7. The molecule has 2 heterocycles. The van der Waals surface area contributed by atoms with Crippen LogP contribution in [0.1, 0.15) is 31.2 Å². The average Bonchev–Trinajstić information content (AvgIpc) is 3.27. The molecule has 1 aliphatic rings. The van der Waals surface area contributed by atoms with E-state index in [0.717, 1.165) is 28.4 Å². The number of oxazole rings is 1. The minimum Gasteiger partial charge on any atom is -0.486 e. The van der Waals surface area contributed by atoms with E-state index in [4.69, 9.17) is 13.9 Å². The number of hydrogen-bond acceptors (Lipinski definition) is 5. The molecule has 0 spiro atoms. The quantitative estimate of drug-likeness (QED) is 0.552. The third kappa shape index (κ3) is 4.64. The van der Waals surface area contributed by atoms with Gasteiger partial charge in [0.1, 0.15) is 13.2 Å². The monoisotopic (exact) mass is 406 g/mol.